The van der Waals surface area contributed by atoms with Gasteiger partial charge in [-0.2, -0.15) is 0 Å². The second-order valence-corrected chi connectivity index (χ2v) is 2.31. The van der Waals surface area contributed by atoms with Crippen LogP contribution in [-0.2, 0) is 4.74 Å². The first-order chi connectivity index (χ1) is 4.33. The molecule has 1 fully saturated rings. The molecule has 0 aromatic carbocycles. The van der Waals surface area contributed by atoms with Crippen molar-refractivity contribution in [3.63, 3.8) is 0 Å². The van der Waals surface area contributed by atoms with Crippen LogP contribution in [0.15, 0.2) is 12.7 Å². The van der Waals surface area contributed by atoms with Gasteiger partial charge in [0.2, 0.25) is 0 Å². The highest BCUT2D eigenvalue weighted by molar-refractivity contribution is 4.77. The molecule has 0 spiro atoms. The Balaban J connectivity index is 2.21. The molecule has 52 valence electrons. The van der Waals surface area contributed by atoms with Gasteiger partial charge >= 0.3 is 0 Å². The summed E-state index contributed by atoms with van der Waals surface area (Å²) in [7, 11) is 0. The molecule has 0 aromatic heterocycles. The molecular formula is C7H12O2. The molecule has 9 heavy (non-hydrogen) atoms. The van der Waals surface area contributed by atoms with Gasteiger partial charge in [0, 0.05) is 6.42 Å². The van der Waals surface area contributed by atoms with Crippen LogP contribution >= 0.6 is 0 Å². The number of hydrogen-bond donors (Lipinski definition) is 1. The minimum Gasteiger partial charge on any atom is -0.368 e. The van der Waals surface area contributed by atoms with Gasteiger partial charge in [-0.15, -0.1) is 6.58 Å². The first kappa shape index (κ1) is 6.78. The van der Waals surface area contributed by atoms with Gasteiger partial charge in [0.05, 0.1) is 6.10 Å². The maximum Gasteiger partial charge on any atom is 0.155 e. The fourth-order valence-electron chi connectivity index (χ4n) is 1.05. The maximum atomic E-state index is 8.87. The highest BCUT2D eigenvalue weighted by Crippen LogP contribution is 2.19. The molecule has 0 radical (unpaired) electrons. The summed E-state index contributed by atoms with van der Waals surface area (Å²) in [5.74, 6) is 0. The molecule has 1 saturated heterocycles. The van der Waals surface area contributed by atoms with Gasteiger partial charge in [-0.1, -0.05) is 6.08 Å². The predicted octanol–water partition coefficient (Wildman–Crippen LogP) is 1.06. The summed E-state index contributed by atoms with van der Waals surface area (Å²) in [6.45, 7) is 3.59. The average Bonchev–Trinajstić information content (AvgIpc) is 2.17. The lowest BCUT2D eigenvalue weighted by Crippen LogP contribution is -2.08. The predicted molar refractivity (Wildman–Crippen MR) is 34.9 cm³/mol. The van der Waals surface area contributed by atoms with Gasteiger partial charge < -0.3 is 9.84 Å². The van der Waals surface area contributed by atoms with E-state index in [9.17, 15) is 0 Å². The molecule has 0 aliphatic carbocycles. The van der Waals surface area contributed by atoms with Crippen molar-refractivity contribution in [2.24, 2.45) is 0 Å². The fraction of sp³-hybridized carbons (Fsp3) is 0.714. The molecule has 2 atom stereocenters. The normalized spacial score (nSPS) is 34.8. The Hall–Kier alpha value is -0.340. The second kappa shape index (κ2) is 2.99. The van der Waals surface area contributed by atoms with E-state index >= 15 is 0 Å². The number of ether oxygens (including phenoxy) is 1. The zero-order chi connectivity index (χ0) is 6.69. The van der Waals surface area contributed by atoms with Crippen molar-refractivity contribution >= 4 is 0 Å². The summed E-state index contributed by atoms with van der Waals surface area (Å²) in [6, 6.07) is 0. The lowest BCUT2D eigenvalue weighted by molar-refractivity contribution is -0.0888. The lowest BCUT2D eigenvalue weighted by Gasteiger charge is -2.05. The van der Waals surface area contributed by atoms with Crippen molar-refractivity contribution < 1.29 is 9.84 Å². The van der Waals surface area contributed by atoms with Gasteiger partial charge in [0.25, 0.3) is 0 Å². The van der Waals surface area contributed by atoms with Gasteiger partial charge in [0.15, 0.2) is 6.29 Å². The number of aliphatic hydroxyl groups excluding tert-OH is 1. The van der Waals surface area contributed by atoms with Crippen LogP contribution in [0.4, 0.5) is 0 Å². The van der Waals surface area contributed by atoms with E-state index < -0.39 is 6.29 Å². The number of rotatable bonds is 2. The topological polar surface area (TPSA) is 29.5 Å². The van der Waals surface area contributed by atoms with Crippen LogP contribution < -0.4 is 0 Å². The molecule has 1 rings (SSSR count). The van der Waals surface area contributed by atoms with Crippen LogP contribution in [0.5, 0.6) is 0 Å². The minimum absolute atomic E-state index is 0.220. The van der Waals surface area contributed by atoms with Crippen LogP contribution in [-0.4, -0.2) is 17.5 Å². The van der Waals surface area contributed by atoms with E-state index in [1.54, 1.807) is 0 Å². The quantitative estimate of drug-likeness (QED) is 0.563. The molecule has 2 heteroatoms. The van der Waals surface area contributed by atoms with Gasteiger partial charge in [0.1, 0.15) is 0 Å². The molecule has 0 aromatic rings. The Morgan fingerprint density at radius 2 is 2.44 bits per heavy atom. The number of hydrogen-bond acceptors (Lipinski definition) is 2. The molecule has 1 heterocycles. The van der Waals surface area contributed by atoms with Crippen LogP contribution in [0.1, 0.15) is 19.3 Å². The van der Waals surface area contributed by atoms with Crippen LogP contribution in [0, 0.1) is 0 Å². The van der Waals surface area contributed by atoms with Crippen LogP contribution in [0.25, 0.3) is 0 Å². The van der Waals surface area contributed by atoms with Crippen molar-refractivity contribution in [1.29, 1.82) is 0 Å². The zero-order valence-corrected chi connectivity index (χ0v) is 5.42. The number of aliphatic hydroxyl groups is 1. The Labute approximate surface area is 55.1 Å². The van der Waals surface area contributed by atoms with E-state index in [-0.39, 0.29) is 6.10 Å². The molecule has 0 unspecified atom stereocenters. The molecule has 0 amide bonds. The summed E-state index contributed by atoms with van der Waals surface area (Å²) in [5, 5.41) is 8.87. The van der Waals surface area contributed by atoms with Crippen molar-refractivity contribution in [3.05, 3.63) is 12.7 Å². The average molecular weight is 128 g/mol. The Bertz CT molecular complexity index is 101. The van der Waals surface area contributed by atoms with Crippen LogP contribution in [0.3, 0.4) is 0 Å². The van der Waals surface area contributed by atoms with Gasteiger partial charge in [-0.05, 0) is 12.8 Å². The van der Waals surface area contributed by atoms with Crippen molar-refractivity contribution in [1.82, 2.24) is 0 Å². The lowest BCUT2D eigenvalue weighted by atomic mass is 10.2. The minimum atomic E-state index is -0.519. The fourth-order valence-corrected chi connectivity index (χ4v) is 1.05. The smallest absolute Gasteiger partial charge is 0.155 e. The highest BCUT2D eigenvalue weighted by atomic mass is 16.6. The third kappa shape index (κ3) is 1.80. The Kier molecular flexibility index (Phi) is 2.25. The maximum absolute atomic E-state index is 8.87. The van der Waals surface area contributed by atoms with Gasteiger partial charge in [-0.25, -0.2) is 0 Å². The molecule has 1 aliphatic rings. The molecule has 0 bridgehead atoms. The summed E-state index contributed by atoms with van der Waals surface area (Å²) in [4.78, 5) is 0. The third-order valence-corrected chi connectivity index (χ3v) is 1.51. The largest absolute Gasteiger partial charge is 0.368 e. The molecular weight excluding hydrogens is 116 g/mol. The van der Waals surface area contributed by atoms with E-state index in [4.69, 9.17) is 9.84 Å². The molecule has 2 nitrogen and oxygen atoms in total. The summed E-state index contributed by atoms with van der Waals surface area (Å²) < 4.78 is 5.09. The van der Waals surface area contributed by atoms with Crippen molar-refractivity contribution in [3.8, 4) is 0 Å². The van der Waals surface area contributed by atoms with E-state index in [2.05, 4.69) is 6.58 Å². The summed E-state index contributed by atoms with van der Waals surface area (Å²) >= 11 is 0. The monoisotopic (exact) mass is 128 g/mol. The zero-order valence-electron chi connectivity index (χ0n) is 5.42. The van der Waals surface area contributed by atoms with E-state index in [1.165, 1.54) is 0 Å². The molecule has 1 aliphatic heterocycles. The first-order valence-corrected chi connectivity index (χ1v) is 3.27. The van der Waals surface area contributed by atoms with Crippen molar-refractivity contribution in [2.45, 2.75) is 31.7 Å². The highest BCUT2D eigenvalue weighted by Gasteiger charge is 2.21. The summed E-state index contributed by atoms with van der Waals surface area (Å²) in [6.07, 6.45) is 4.12. The van der Waals surface area contributed by atoms with E-state index in [1.807, 2.05) is 6.08 Å². The summed E-state index contributed by atoms with van der Waals surface area (Å²) in [5.41, 5.74) is 0. The molecule has 0 saturated carbocycles. The first-order valence-electron chi connectivity index (χ1n) is 3.27. The SMILES string of the molecule is C=CC[C@H]1CC[C@H](O)O1. The molecule has 1 N–H and O–H groups in total. The standard InChI is InChI=1S/C7H12O2/c1-2-3-6-4-5-7(8)9-6/h2,6-8H,1,3-5H2/t6-,7+/m0/s1. The Morgan fingerprint density at radius 1 is 1.67 bits per heavy atom. The Morgan fingerprint density at radius 3 is 2.89 bits per heavy atom. The van der Waals surface area contributed by atoms with E-state index in [0.717, 1.165) is 19.3 Å². The third-order valence-electron chi connectivity index (χ3n) is 1.51. The van der Waals surface area contributed by atoms with Crippen molar-refractivity contribution in [2.75, 3.05) is 0 Å². The van der Waals surface area contributed by atoms with E-state index in [0.29, 0.717) is 0 Å². The van der Waals surface area contributed by atoms with Crippen LogP contribution in [0.2, 0.25) is 0 Å². The van der Waals surface area contributed by atoms with Gasteiger partial charge in [-0.3, -0.25) is 0 Å². The second-order valence-electron chi connectivity index (χ2n) is 2.31.